The molecule has 1 atom stereocenters. The summed E-state index contributed by atoms with van der Waals surface area (Å²) in [6.07, 6.45) is 2.12. The molecule has 104 valence electrons. The van der Waals surface area contributed by atoms with Crippen LogP contribution in [0.1, 0.15) is 53.7 Å². The molecule has 2 aromatic rings. The van der Waals surface area contributed by atoms with Crippen LogP contribution in [-0.4, -0.2) is 9.78 Å². The first-order valence-electron chi connectivity index (χ1n) is 6.79. The summed E-state index contributed by atoms with van der Waals surface area (Å²) in [5.74, 6) is 0.470. The third kappa shape index (κ3) is 3.45. The van der Waals surface area contributed by atoms with E-state index in [9.17, 15) is 0 Å². The number of hydrogen-bond acceptors (Lipinski definition) is 3. The molecule has 1 N–H and O–H groups in total. The molecule has 0 saturated heterocycles. The molecule has 0 aliphatic rings. The van der Waals surface area contributed by atoms with Crippen LogP contribution in [0.3, 0.4) is 0 Å². The van der Waals surface area contributed by atoms with Gasteiger partial charge in [-0.15, -0.1) is 11.3 Å². The fourth-order valence-electron chi connectivity index (χ4n) is 2.23. The smallest absolute Gasteiger partial charge is 0.0694 e. The van der Waals surface area contributed by atoms with Crippen LogP contribution < -0.4 is 5.32 Å². The third-order valence-electron chi connectivity index (χ3n) is 3.27. The zero-order valence-electron chi connectivity index (χ0n) is 12.4. The van der Waals surface area contributed by atoms with Crippen molar-refractivity contribution in [2.45, 2.75) is 46.2 Å². The average molecular weight is 277 g/mol. The molecule has 2 rings (SSSR count). The van der Waals surface area contributed by atoms with E-state index in [0.29, 0.717) is 12.0 Å². The second kappa shape index (κ2) is 5.88. The summed E-state index contributed by atoms with van der Waals surface area (Å²) in [6, 6.07) is 4.78. The highest BCUT2D eigenvalue weighted by Gasteiger charge is 2.13. The highest BCUT2D eigenvalue weighted by Crippen LogP contribution is 2.23. The maximum absolute atomic E-state index is 4.54. The average Bonchev–Trinajstić information content (AvgIpc) is 2.92. The SMILES string of the molecule is Cc1ccc(C(C)NCc2cn(C)nc2C(C)C)s1. The van der Waals surface area contributed by atoms with Gasteiger partial charge >= 0.3 is 0 Å². The van der Waals surface area contributed by atoms with Gasteiger partial charge in [-0.1, -0.05) is 13.8 Å². The van der Waals surface area contributed by atoms with E-state index in [2.05, 4.69) is 56.4 Å². The number of aryl methyl sites for hydroxylation is 2. The van der Waals surface area contributed by atoms with Crippen molar-refractivity contribution in [2.24, 2.45) is 7.05 Å². The van der Waals surface area contributed by atoms with Gasteiger partial charge in [0.25, 0.3) is 0 Å². The summed E-state index contributed by atoms with van der Waals surface area (Å²) in [5.41, 5.74) is 2.50. The summed E-state index contributed by atoms with van der Waals surface area (Å²) in [6.45, 7) is 9.63. The number of aromatic nitrogens is 2. The first-order valence-corrected chi connectivity index (χ1v) is 7.61. The molecule has 1 unspecified atom stereocenters. The van der Waals surface area contributed by atoms with E-state index in [1.54, 1.807) is 0 Å². The topological polar surface area (TPSA) is 29.9 Å². The van der Waals surface area contributed by atoms with E-state index in [-0.39, 0.29) is 0 Å². The Bertz CT molecular complexity index is 539. The van der Waals surface area contributed by atoms with Crippen molar-refractivity contribution in [3.05, 3.63) is 39.3 Å². The lowest BCUT2D eigenvalue weighted by Gasteiger charge is -2.12. The third-order valence-corrected chi connectivity index (χ3v) is 4.45. The van der Waals surface area contributed by atoms with Gasteiger partial charge in [-0.3, -0.25) is 4.68 Å². The van der Waals surface area contributed by atoms with Gasteiger partial charge in [0, 0.05) is 41.1 Å². The number of nitrogens with zero attached hydrogens (tertiary/aromatic N) is 2. The van der Waals surface area contributed by atoms with Crippen LogP contribution in [0.4, 0.5) is 0 Å². The van der Waals surface area contributed by atoms with E-state index in [1.807, 2.05) is 23.1 Å². The highest BCUT2D eigenvalue weighted by molar-refractivity contribution is 7.12. The molecule has 0 spiro atoms. The van der Waals surface area contributed by atoms with Crippen LogP contribution >= 0.6 is 11.3 Å². The van der Waals surface area contributed by atoms with Crippen LogP contribution in [0, 0.1) is 6.92 Å². The van der Waals surface area contributed by atoms with Crippen LogP contribution in [0.25, 0.3) is 0 Å². The molecule has 0 fully saturated rings. The maximum atomic E-state index is 4.54. The minimum Gasteiger partial charge on any atom is -0.305 e. The largest absolute Gasteiger partial charge is 0.305 e. The first-order chi connectivity index (χ1) is 8.97. The quantitative estimate of drug-likeness (QED) is 0.901. The second-order valence-electron chi connectivity index (χ2n) is 5.42. The van der Waals surface area contributed by atoms with Gasteiger partial charge < -0.3 is 5.32 Å². The zero-order chi connectivity index (χ0) is 14.0. The van der Waals surface area contributed by atoms with Crippen molar-refractivity contribution in [3.63, 3.8) is 0 Å². The van der Waals surface area contributed by atoms with E-state index in [0.717, 1.165) is 6.54 Å². The van der Waals surface area contributed by atoms with Gasteiger partial charge in [0.2, 0.25) is 0 Å². The molecule has 0 saturated carbocycles. The number of hydrogen-bond donors (Lipinski definition) is 1. The lowest BCUT2D eigenvalue weighted by atomic mass is 10.1. The van der Waals surface area contributed by atoms with Crippen molar-refractivity contribution in [2.75, 3.05) is 0 Å². The Morgan fingerprint density at radius 1 is 1.32 bits per heavy atom. The summed E-state index contributed by atoms with van der Waals surface area (Å²) in [4.78, 5) is 2.76. The number of nitrogens with one attached hydrogen (secondary N) is 1. The van der Waals surface area contributed by atoms with Crippen molar-refractivity contribution < 1.29 is 0 Å². The number of thiophene rings is 1. The fourth-order valence-corrected chi connectivity index (χ4v) is 3.13. The Balaban J connectivity index is 2.02. The van der Waals surface area contributed by atoms with E-state index >= 15 is 0 Å². The van der Waals surface area contributed by atoms with Crippen LogP contribution in [0.15, 0.2) is 18.3 Å². The Morgan fingerprint density at radius 3 is 2.63 bits per heavy atom. The molecular formula is C15H23N3S. The van der Waals surface area contributed by atoms with Crippen LogP contribution in [0.2, 0.25) is 0 Å². The van der Waals surface area contributed by atoms with E-state index in [4.69, 9.17) is 0 Å². The van der Waals surface area contributed by atoms with Crippen molar-refractivity contribution in [3.8, 4) is 0 Å². The maximum Gasteiger partial charge on any atom is 0.0694 e. The van der Waals surface area contributed by atoms with Gasteiger partial charge in [0.15, 0.2) is 0 Å². The Hall–Kier alpha value is -1.13. The van der Waals surface area contributed by atoms with Crippen LogP contribution in [0.5, 0.6) is 0 Å². The number of rotatable bonds is 5. The molecule has 2 aromatic heterocycles. The lowest BCUT2D eigenvalue weighted by Crippen LogP contribution is -2.17. The molecule has 0 aliphatic heterocycles. The lowest BCUT2D eigenvalue weighted by molar-refractivity contribution is 0.578. The molecule has 0 bridgehead atoms. The van der Waals surface area contributed by atoms with Crippen LogP contribution in [-0.2, 0) is 13.6 Å². The van der Waals surface area contributed by atoms with Crippen molar-refractivity contribution in [1.82, 2.24) is 15.1 Å². The molecule has 4 heteroatoms. The molecule has 0 radical (unpaired) electrons. The molecule has 2 heterocycles. The minimum absolute atomic E-state index is 0.388. The van der Waals surface area contributed by atoms with Gasteiger partial charge in [0.05, 0.1) is 5.69 Å². The molecule has 0 aromatic carbocycles. The van der Waals surface area contributed by atoms with Gasteiger partial charge in [-0.25, -0.2) is 0 Å². The monoisotopic (exact) mass is 277 g/mol. The molecule has 0 amide bonds. The highest BCUT2D eigenvalue weighted by atomic mass is 32.1. The Labute approximate surface area is 119 Å². The summed E-state index contributed by atoms with van der Waals surface area (Å²) < 4.78 is 1.91. The molecular weight excluding hydrogens is 254 g/mol. The van der Waals surface area contributed by atoms with Gasteiger partial charge in [0.1, 0.15) is 0 Å². The van der Waals surface area contributed by atoms with Crippen molar-refractivity contribution >= 4 is 11.3 Å². The predicted molar refractivity (Wildman–Crippen MR) is 81.6 cm³/mol. The molecule has 0 aliphatic carbocycles. The molecule has 19 heavy (non-hydrogen) atoms. The molecule has 3 nitrogen and oxygen atoms in total. The first kappa shape index (κ1) is 14.3. The predicted octanol–water partition coefficient (Wildman–Crippen LogP) is 3.76. The van der Waals surface area contributed by atoms with Gasteiger partial charge in [-0.2, -0.15) is 5.10 Å². The Kier molecular flexibility index (Phi) is 4.42. The normalized spacial score (nSPS) is 13.2. The van der Waals surface area contributed by atoms with E-state index in [1.165, 1.54) is 21.0 Å². The second-order valence-corrected chi connectivity index (χ2v) is 6.74. The van der Waals surface area contributed by atoms with Crippen molar-refractivity contribution in [1.29, 1.82) is 0 Å². The minimum atomic E-state index is 0.388. The van der Waals surface area contributed by atoms with E-state index < -0.39 is 0 Å². The summed E-state index contributed by atoms with van der Waals surface area (Å²) >= 11 is 1.86. The zero-order valence-corrected chi connectivity index (χ0v) is 13.2. The van der Waals surface area contributed by atoms with Gasteiger partial charge in [-0.05, 0) is 31.9 Å². The summed E-state index contributed by atoms with van der Waals surface area (Å²) in [5, 5.41) is 8.14. The standard InChI is InChI=1S/C15H23N3S/c1-10(2)15-13(9-18(5)17-15)8-16-12(4)14-7-6-11(3)19-14/h6-7,9-10,12,16H,8H2,1-5H3. The summed E-state index contributed by atoms with van der Waals surface area (Å²) in [7, 11) is 1.99. The Morgan fingerprint density at radius 2 is 2.05 bits per heavy atom. The fraction of sp³-hybridized carbons (Fsp3) is 0.533.